The van der Waals surface area contributed by atoms with Crippen molar-refractivity contribution < 1.29 is 22.4 Å². The van der Waals surface area contributed by atoms with E-state index in [0.717, 1.165) is 34.8 Å². The van der Waals surface area contributed by atoms with E-state index in [0.29, 0.717) is 22.8 Å². The van der Waals surface area contributed by atoms with Crippen molar-refractivity contribution in [2.24, 2.45) is 0 Å². The highest BCUT2D eigenvalue weighted by Gasteiger charge is 2.31. The van der Waals surface area contributed by atoms with Gasteiger partial charge in [-0.05, 0) is 67.9 Å². The van der Waals surface area contributed by atoms with E-state index >= 15 is 0 Å². The Kier molecular flexibility index (Phi) is 6.88. The van der Waals surface area contributed by atoms with E-state index in [1.165, 1.54) is 30.0 Å². The van der Waals surface area contributed by atoms with Gasteiger partial charge in [0.25, 0.3) is 0 Å². The minimum atomic E-state index is -4.48. The van der Waals surface area contributed by atoms with E-state index in [1.54, 1.807) is 18.2 Å². The molecule has 0 N–H and O–H groups in total. The smallest absolute Gasteiger partial charge is 0.318 e. The zero-order valence-corrected chi connectivity index (χ0v) is 21.4. The molecule has 0 fully saturated rings. The second-order valence-electron chi connectivity index (χ2n) is 8.98. The zero-order valence-electron chi connectivity index (χ0n) is 20.6. The van der Waals surface area contributed by atoms with Crippen LogP contribution in [-0.2, 0) is 12.7 Å². The number of aromatic nitrogens is 3. The number of halogens is 4. The van der Waals surface area contributed by atoms with E-state index in [1.807, 2.05) is 53.3 Å². The number of hydrogen-bond donors (Lipinski definition) is 0. The molecular formula is C29H23F4N3OS. The average Bonchev–Trinajstić information content (AvgIpc) is 3.39. The molecule has 5 rings (SSSR count). The molecule has 4 nitrogen and oxygen atoms in total. The minimum Gasteiger partial charge on any atom is -0.318 e. The molecule has 2 aromatic heterocycles. The lowest BCUT2D eigenvalue weighted by Crippen LogP contribution is -2.07. The van der Waals surface area contributed by atoms with Gasteiger partial charge in [0.2, 0.25) is 0 Å². The van der Waals surface area contributed by atoms with Crippen molar-refractivity contribution in [3.05, 3.63) is 113 Å². The van der Waals surface area contributed by atoms with Gasteiger partial charge in [0.1, 0.15) is 5.82 Å². The number of Topliss-reactive ketones (excluding diaryl/α,β-unsaturated/α-hetero) is 1. The Bertz CT molecular complexity index is 1620. The summed E-state index contributed by atoms with van der Waals surface area (Å²) < 4.78 is 57.1. The van der Waals surface area contributed by atoms with Crippen LogP contribution in [0.3, 0.4) is 0 Å². The summed E-state index contributed by atoms with van der Waals surface area (Å²) in [5.41, 5.74) is 3.82. The Morgan fingerprint density at radius 3 is 2.34 bits per heavy atom. The van der Waals surface area contributed by atoms with E-state index in [-0.39, 0.29) is 22.9 Å². The van der Waals surface area contributed by atoms with Gasteiger partial charge in [0, 0.05) is 22.6 Å². The lowest BCUT2D eigenvalue weighted by molar-refractivity contribution is -0.137. The zero-order chi connectivity index (χ0) is 27.0. The normalized spacial score (nSPS) is 11.8. The molecule has 9 heteroatoms. The van der Waals surface area contributed by atoms with E-state index in [9.17, 15) is 22.4 Å². The fourth-order valence-corrected chi connectivity index (χ4v) is 5.45. The molecule has 0 aliphatic rings. The van der Waals surface area contributed by atoms with Gasteiger partial charge in [-0.15, -0.1) is 0 Å². The standard InChI is InChI=1S/C29H23F4N3OS/c1-18-14-24(19(2)36(18)23-11-9-22(30)10-12-23)27(37)17-38-28-34-25-15-21(29(31,32)33)8-13-26(25)35(28)16-20-6-4-3-5-7-20/h3-15H,16-17H2,1-2H3. The lowest BCUT2D eigenvalue weighted by Gasteiger charge is -2.11. The summed E-state index contributed by atoms with van der Waals surface area (Å²) in [5, 5.41) is 0.462. The van der Waals surface area contributed by atoms with Crippen LogP contribution in [0.5, 0.6) is 0 Å². The Labute approximate surface area is 220 Å². The van der Waals surface area contributed by atoms with Crippen LogP contribution in [0.2, 0.25) is 0 Å². The van der Waals surface area contributed by atoms with Crippen molar-refractivity contribution >= 4 is 28.6 Å². The first-order valence-electron chi connectivity index (χ1n) is 11.8. The fourth-order valence-electron chi connectivity index (χ4n) is 4.55. The van der Waals surface area contributed by atoms with Crippen LogP contribution < -0.4 is 0 Å². The van der Waals surface area contributed by atoms with Gasteiger partial charge in [0.15, 0.2) is 10.9 Å². The van der Waals surface area contributed by atoms with Gasteiger partial charge in [-0.1, -0.05) is 42.1 Å². The third-order valence-corrected chi connectivity index (χ3v) is 7.35. The Hall–Kier alpha value is -3.85. The Morgan fingerprint density at radius 2 is 1.66 bits per heavy atom. The topological polar surface area (TPSA) is 39.8 Å². The molecule has 0 amide bonds. The summed E-state index contributed by atoms with van der Waals surface area (Å²) in [6.45, 7) is 4.10. The summed E-state index contributed by atoms with van der Waals surface area (Å²) in [4.78, 5) is 17.8. The molecule has 2 heterocycles. The summed E-state index contributed by atoms with van der Waals surface area (Å²) >= 11 is 1.19. The molecule has 0 aliphatic heterocycles. The van der Waals surface area contributed by atoms with E-state index in [2.05, 4.69) is 4.98 Å². The number of aryl methyl sites for hydroxylation is 1. The van der Waals surface area contributed by atoms with Crippen LogP contribution in [-0.4, -0.2) is 25.7 Å². The van der Waals surface area contributed by atoms with E-state index in [4.69, 9.17) is 0 Å². The molecule has 0 bridgehead atoms. The van der Waals surface area contributed by atoms with Crippen molar-refractivity contribution in [3.8, 4) is 5.69 Å². The molecule has 0 spiro atoms. The number of benzene rings is 3. The van der Waals surface area contributed by atoms with Crippen LogP contribution in [0.4, 0.5) is 17.6 Å². The van der Waals surface area contributed by atoms with Crippen molar-refractivity contribution in [3.63, 3.8) is 0 Å². The molecule has 0 saturated carbocycles. The fraction of sp³-hybridized carbons (Fsp3) is 0.172. The predicted octanol–water partition coefficient (Wildman–Crippen LogP) is 7.63. The van der Waals surface area contributed by atoms with Crippen LogP contribution in [0.25, 0.3) is 16.7 Å². The molecule has 0 unspecified atom stereocenters. The number of ketones is 1. The number of rotatable bonds is 7. The van der Waals surface area contributed by atoms with Gasteiger partial charge in [0.05, 0.1) is 28.9 Å². The van der Waals surface area contributed by atoms with Crippen LogP contribution >= 0.6 is 11.8 Å². The van der Waals surface area contributed by atoms with Crippen molar-refractivity contribution in [1.82, 2.24) is 14.1 Å². The van der Waals surface area contributed by atoms with Gasteiger partial charge in [-0.25, -0.2) is 9.37 Å². The summed E-state index contributed by atoms with van der Waals surface area (Å²) in [7, 11) is 0. The number of alkyl halides is 3. The maximum absolute atomic E-state index is 13.4. The maximum atomic E-state index is 13.4. The average molecular weight is 538 g/mol. The second kappa shape index (κ2) is 10.1. The highest BCUT2D eigenvalue weighted by Crippen LogP contribution is 2.33. The highest BCUT2D eigenvalue weighted by atomic mass is 32.2. The molecule has 0 aliphatic carbocycles. The van der Waals surface area contributed by atoms with E-state index < -0.39 is 11.7 Å². The second-order valence-corrected chi connectivity index (χ2v) is 9.92. The van der Waals surface area contributed by atoms with Gasteiger partial charge < -0.3 is 9.13 Å². The molecule has 38 heavy (non-hydrogen) atoms. The van der Waals surface area contributed by atoms with Gasteiger partial charge in [-0.3, -0.25) is 4.79 Å². The third-order valence-electron chi connectivity index (χ3n) is 6.37. The third kappa shape index (κ3) is 5.11. The first-order chi connectivity index (χ1) is 18.1. The Balaban J connectivity index is 1.45. The number of carbonyl (C=O) groups is 1. The SMILES string of the molecule is Cc1cc(C(=O)CSc2nc3cc(C(F)(F)F)ccc3n2Cc2ccccc2)c(C)n1-c1ccc(F)cc1. The number of nitrogens with zero attached hydrogens (tertiary/aromatic N) is 3. The number of hydrogen-bond acceptors (Lipinski definition) is 3. The molecular weight excluding hydrogens is 514 g/mol. The van der Waals surface area contributed by atoms with Gasteiger partial charge >= 0.3 is 6.18 Å². The van der Waals surface area contributed by atoms with Crippen molar-refractivity contribution in [2.45, 2.75) is 31.7 Å². The molecule has 5 aromatic rings. The molecule has 0 atom stereocenters. The number of imidazole rings is 1. The highest BCUT2D eigenvalue weighted by molar-refractivity contribution is 7.99. The lowest BCUT2D eigenvalue weighted by atomic mass is 10.2. The maximum Gasteiger partial charge on any atom is 0.416 e. The minimum absolute atomic E-state index is 0.0535. The first-order valence-corrected chi connectivity index (χ1v) is 12.8. The number of fused-ring (bicyclic) bond motifs is 1. The van der Waals surface area contributed by atoms with Gasteiger partial charge in [-0.2, -0.15) is 13.2 Å². The monoisotopic (exact) mass is 537 g/mol. The van der Waals surface area contributed by atoms with Crippen LogP contribution in [0.1, 0.15) is 32.9 Å². The van der Waals surface area contributed by atoms with Crippen molar-refractivity contribution in [2.75, 3.05) is 5.75 Å². The quantitative estimate of drug-likeness (QED) is 0.122. The predicted molar refractivity (Wildman–Crippen MR) is 141 cm³/mol. The number of thioether (sulfide) groups is 1. The largest absolute Gasteiger partial charge is 0.416 e. The molecule has 3 aromatic carbocycles. The van der Waals surface area contributed by atoms with Crippen molar-refractivity contribution in [1.29, 1.82) is 0 Å². The molecule has 0 saturated heterocycles. The van der Waals surface area contributed by atoms with Crippen LogP contribution in [0.15, 0.2) is 84.0 Å². The summed E-state index contributed by atoms with van der Waals surface area (Å²) in [5.74, 6) is -0.423. The summed E-state index contributed by atoms with van der Waals surface area (Å²) in [6.07, 6.45) is -4.48. The molecule has 0 radical (unpaired) electrons. The van der Waals surface area contributed by atoms with Crippen LogP contribution in [0, 0.1) is 19.7 Å². The summed E-state index contributed by atoms with van der Waals surface area (Å²) in [6, 6.07) is 20.9. The first kappa shape index (κ1) is 25.8. The number of carbonyl (C=O) groups excluding carboxylic acids is 1. The Morgan fingerprint density at radius 1 is 0.947 bits per heavy atom. The molecule has 194 valence electrons.